The maximum atomic E-state index is 12.0. The minimum absolute atomic E-state index is 0.220. The van der Waals surface area contributed by atoms with E-state index >= 15 is 0 Å². The predicted octanol–water partition coefficient (Wildman–Crippen LogP) is 6.17. The molecule has 0 bridgehead atoms. The Morgan fingerprint density at radius 2 is 1.56 bits per heavy atom. The molecule has 3 rings (SSSR count). The van der Waals surface area contributed by atoms with Gasteiger partial charge in [-0.3, -0.25) is 4.99 Å². The molecule has 4 N–H and O–H groups in total. The van der Waals surface area contributed by atoms with Crippen molar-refractivity contribution < 1.29 is 4.79 Å². The van der Waals surface area contributed by atoms with Crippen LogP contribution in [0.25, 0.3) is 0 Å². The maximum absolute atomic E-state index is 12.0. The molecule has 1 aliphatic rings. The minimum Gasteiger partial charge on any atom is -0.357 e. The number of hydrogen-bond donors (Lipinski definition) is 4. The molecule has 2 amide bonds. The van der Waals surface area contributed by atoms with Gasteiger partial charge in [0.1, 0.15) is 0 Å². The molecule has 6 heteroatoms. The zero-order valence-corrected chi connectivity index (χ0v) is 21.4. The van der Waals surface area contributed by atoms with E-state index < -0.39 is 0 Å². The molecule has 6 nitrogen and oxygen atoms in total. The Labute approximate surface area is 195 Å². The smallest absolute Gasteiger partial charge is 0.323 e. The molecule has 0 fully saturated rings. The lowest BCUT2D eigenvalue weighted by molar-refractivity contribution is 0.262. The van der Waals surface area contributed by atoms with Crippen LogP contribution in [0.3, 0.4) is 0 Å². The molecule has 0 saturated carbocycles. The topological polar surface area (TPSA) is 77.6 Å². The number of para-hydroxylation sites is 1. The van der Waals surface area contributed by atoms with E-state index in [1.807, 2.05) is 71.0 Å². The Kier molecular flexibility index (Phi) is 15.1. The van der Waals surface area contributed by atoms with Crippen molar-refractivity contribution in [2.24, 2.45) is 4.99 Å². The van der Waals surface area contributed by atoms with E-state index in [1.165, 1.54) is 16.7 Å². The Morgan fingerprint density at radius 1 is 0.938 bits per heavy atom. The number of carbonyl (C=O) groups excluding carboxylic acids is 1. The Hall–Kier alpha value is -3.02. The van der Waals surface area contributed by atoms with Crippen molar-refractivity contribution in [3.63, 3.8) is 0 Å². The minimum atomic E-state index is -0.220. The molecule has 32 heavy (non-hydrogen) atoms. The summed E-state index contributed by atoms with van der Waals surface area (Å²) in [5.74, 6) is 0.951. The van der Waals surface area contributed by atoms with E-state index in [4.69, 9.17) is 0 Å². The molecule has 178 valence electrons. The van der Waals surface area contributed by atoms with Crippen molar-refractivity contribution in [1.29, 1.82) is 0 Å². The predicted molar refractivity (Wildman–Crippen MR) is 141 cm³/mol. The maximum Gasteiger partial charge on any atom is 0.323 e. The lowest BCUT2D eigenvalue weighted by Gasteiger charge is -2.15. The first kappa shape index (κ1) is 29.0. The van der Waals surface area contributed by atoms with Gasteiger partial charge in [-0.1, -0.05) is 45.9 Å². The number of nitrogens with zero attached hydrogens (tertiary/aromatic N) is 1. The van der Waals surface area contributed by atoms with Gasteiger partial charge in [0.25, 0.3) is 0 Å². The van der Waals surface area contributed by atoms with E-state index in [0.29, 0.717) is 0 Å². The van der Waals surface area contributed by atoms with Gasteiger partial charge in [0, 0.05) is 24.5 Å². The number of aryl methyl sites for hydroxylation is 1. The molecule has 1 aliphatic heterocycles. The summed E-state index contributed by atoms with van der Waals surface area (Å²) in [7, 11) is 0. The highest BCUT2D eigenvalue weighted by molar-refractivity contribution is 6.00. The zero-order chi connectivity index (χ0) is 24.5. The highest BCUT2D eigenvalue weighted by atomic mass is 16.2. The highest BCUT2D eigenvalue weighted by Gasteiger charge is 2.10. The van der Waals surface area contributed by atoms with Crippen LogP contribution in [-0.4, -0.2) is 31.6 Å². The summed E-state index contributed by atoms with van der Waals surface area (Å²) in [4.78, 5) is 16.1. The molecule has 0 spiro atoms. The van der Waals surface area contributed by atoms with E-state index in [0.717, 1.165) is 42.5 Å². The average Bonchev–Trinajstić information content (AvgIpc) is 3.33. The van der Waals surface area contributed by atoms with Crippen LogP contribution in [0.5, 0.6) is 0 Å². The van der Waals surface area contributed by atoms with Crippen LogP contribution in [0.1, 0.15) is 56.9 Å². The Balaban J connectivity index is 0.000000666. The van der Waals surface area contributed by atoms with Crippen LogP contribution in [0, 0.1) is 27.7 Å². The number of benzene rings is 2. The van der Waals surface area contributed by atoms with E-state index in [9.17, 15) is 4.79 Å². The molecule has 2 aromatic carbocycles. The van der Waals surface area contributed by atoms with Crippen LogP contribution < -0.4 is 21.3 Å². The number of anilines is 2. The summed E-state index contributed by atoms with van der Waals surface area (Å²) in [6.45, 7) is 21.2. The highest BCUT2D eigenvalue weighted by Crippen LogP contribution is 2.25. The number of aliphatic imine (C=N–C) groups is 1. The Morgan fingerprint density at radius 3 is 2.09 bits per heavy atom. The number of nitrogens with one attached hydrogen (secondary N) is 4. The fourth-order valence-corrected chi connectivity index (χ4v) is 2.83. The average molecular weight is 442 g/mol. The number of carbonyl (C=O) groups is 1. The standard InChI is InChI=1S/C17H20N2O.C5H11N3.2C2H6/c1-11-10-16(14(4)13(3)12(11)2)19-17(20)18-15-8-6-5-7-9-15;1-2-6-5-7-3-4-8-5;2*1-2/h5-10H,1-4H3,(H2,18,19,20);2-4H2,1H3,(H2,6,7,8);2*1-2H3. The molecule has 0 saturated heterocycles. The molecule has 0 aliphatic carbocycles. The SMILES string of the molecule is CC.CC.CCNC1=NCCN1.Cc1cc(NC(=O)Nc2ccccc2)c(C)c(C)c1C. The van der Waals surface area contributed by atoms with Gasteiger partial charge in [0.2, 0.25) is 0 Å². The third-order valence-corrected chi connectivity index (χ3v) is 4.78. The summed E-state index contributed by atoms with van der Waals surface area (Å²) >= 11 is 0. The van der Waals surface area contributed by atoms with Crippen LogP contribution in [0.2, 0.25) is 0 Å². The first-order valence-electron chi connectivity index (χ1n) is 11.6. The van der Waals surface area contributed by atoms with E-state index in [1.54, 1.807) is 0 Å². The van der Waals surface area contributed by atoms with Crippen molar-refractivity contribution in [1.82, 2.24) is 10.6 Å². The van der Waals surface area contributed by atoms with Gasteiger partial charge < -0.3 is 21.3 Å². The van der Waals surface area contributed by atoms with Gasteiger partial charge in [-0.2, -0.15) is 0 Å². The van der Waals surface area contributed by atoms with Gasteiger partial charge >= 0.3 is 6.03 Å². The molecule has 2 aromatic rings. The summed E-state index contributed by atoms with van der Waals surface area (Å²) in [5, 5.41) is 11.9. The number of urea groups is 1. The molecular formula is C26H43N5O. The second-order valence-corrected chi connectivity index (χ2v) is 6.75. The lowest BCUT2D eigenvalue weighted by atomic mass is 9.98. The first-order chi connectivity index (χ1) is 15.4. The second kappa shape index (κ2) is 16.6. The summed E-state index contributed by atoms with van der Waals surface area (Å²) in [6, 6.07) is 11.2. The number of rotatable bonds is 3. The molecule has 0 atom stereocenters. The van der Waals surface area contributed by atoms with Crippen LogP contribution in [0.4, 0.5) is 16.2 Å². The van der Waals surface area contributed by atoms with Gasteiger partial charge in [0.15, 0.2) is 5.96 Å². The number of hydrogen-bond acceptors (Lipinski definition) is 4. The van der Waals surface area contributed by atoms with Gasteiger partial charge in [0.05, 0.1) is 6.54 Å². The largest absolute Gasteiger partial charge is 0.357 e. The van der Waals surface area contributed by atoms with Gasteiger partial charge in [-0.15, -0.1) is 0 Å². The van der Waals surface area contributed by atoms with Crippen molar-refractivity contribution in [2.45, 2.75) is 62.3 Å². The van der Waals surface area contributed by atoms with Crippen LogP contribution >= 0.6 is 0 Å². The third kappa shape index (κ3) is 9.86. The first-order valence-corrected chi connectivity index (χ1v) is 11.6. The van der Waals surface area contributed by atoms with E-state index in [-0.39, 0.29) is 6.03 Å². The second-order valence-electron chi connectivity index (χ2n) is 6.75. The lowest BCUT2D eigenvalue weighted by Crippen LogP contribution is -2.33. The number of amides is 2. The summed E-state index contributed by atoms with van der Waals surface area (Å²) < 4.78 is 0. The zero-order valence-electron chi connectivity index (χ0n) is 21.4. The third-order valence-electron chi connectivity index (χ3n) is 4.78. The molecule has 0 radical (unpaired) electrons. The van der Waals surface area contributed by atoms with Crippen molar-refractivity contribution in [3.05, 3.63) is 58.7 Å². The molecule has 0 aromatic heterocycles. The van der Waals surface area contributed by atoms with Gasteiger partial charge in [-0.05, 0) is 75.1 Å². The monoisotopic (exact) mass is 441 g/mol. The number of guanidine groups is 1. The normalized spacial score (nSPS) is 11.1. The molecule has 0 unspecified atom stereocenters. The Bertz CT molecular complexity index is 832. The molecule has 1 heterocycles. The van der Waals surface area contributed by atoms with Crippen LogP contribution in [-0.2, 0) is 0 Å². The summed E-state index contributed by atoms with van der Waals surface area (Å²) in [6.07, 6.45) is 0. The van der Waals surface area contributed by atoms with Crippen molar-refractivity contribution in [2.75, 3.05) is 30.3 Å². The van der Waals surface area contributed by atoms with Crippen LogP contribution in [0.15, 0.2) is 41.4 Å². The molecular weight excluding hydrogens is 398 g/mol. The van der Waals surface area contributed by atoms with Crippen molar-refractivity contribution in [3.8, 4) is 0 Å². The van der Waals surface area contributed by atoms with E-state index in [2.05, 4.69) is 54.0 Å². The fraction of sp³-hybridized carbons (Fsp3) is 0.462. The fourth-order valence-electron chi connectivity index (χ4n) is 2.83. The summed E-state index contributed by atoms with van der Waals surface area (Å²) in [5.41, 5.74) is 6.43. The van der Waals surface area contributed by atoms with Gasteiger partial charge in [-0.25, -0.2) is 4.79 Å². The quantitative estimate of drug-likeness (QED) is 0.460. The van der Waals surface area contributed by atoms with Crippen molar-refractivity contribution >= 4 is 23.4 Å².